The Balaban J connectivity index is 1.69. The second kappa shape index (κ2) is 17.1. The lowest BCUT2D eigenvalue weighted by atomic mass is 9.95. The van der Waals surface area contributed by atoms with Crippen molar-refractivity contribution in [3.8, 4) is 0 Å². The van der Waals surface area contributed by atoms with Gasteiger partial charge in [0.15, 0.2) is 12.4 Å². The SMILES string of the molecule is CO[C@@H]1C(O[C@@H]2C(OC(C)=O)[C@H](OC(=N)C(Cl)(Cl)Cl)OC(C)[C@@H]2OCc2ccccc2)OC(C)[C@@H](N=[N+]=[N-])[C@@H]1OCc1ccccc1. The molecule has 4 unspecified atom stereocenters. The highest BCUT2D eigenvalue weighted by atomic mass is 35.6. The zero-order valence-electron chi connectivity index (χ0n) is 26.1. The zero-order chi connectivity index (χ0) is 34.1. The van der Waals surface area contributed by atoms with Crippen LogP contribution in [0, 0.1) is 5.41 Å². The lowest BCUT2D eigenvalue weighted by Crippen LogP contribution is -2.65. The van der Waals surface area contributed by atoms with Gasteiger partial charge in [0.05, 0.1) is 31.5 Å². The number of halogens is 3. The van der Waals surface area contributed by atoms with Gasteiger partial charge in [-0.3, -0.25) is 10.2 Å². The molecule has 2 aromatic rings. The first-order chi connectivity index (χ1) is 22.4. The van der Waals surface area contributed by atoms with E-state index in [1.807, 2.05) is 60.7 Å². The van der Waals surface area contributed by atoms with Gasteiger partial charge in [0.25, 0.3) is 3.79 Å². The van der Waals surface area contributed by atoms with Gasteiger partial charge in [-0.05, 0) is 30.5 Å². The Morgan fingerprint density at radius 1 is 0.851 bits per heavy atom. The summed E-state index contributed by atoms with van der Waals surface area (Å²) in [5, 5.41) is 12.1. The van der Waals surface area contributed by atoms with E-state index in [1.54, 1.807) is 13.8 Å². The Kier molecular flexibility index (Phi) is 13.5. The summed E-state index contributed by atoms with van der Waals surface area (Å²) >= 11 is 17.7. The topological polar surface area (TPSA) is 164 Å². The van der Waals surface area contributed by atoms with Crippen molar-refractivity contribution < 1.29 is 42.7 Å². The van der Waals surface area contributed by atoms with E-state index in [-0.39, 0.29) is 13.2 Å². The minimum Gasteiger partial charge on any atom is -0.453 e. The molecule has 47 heavy (non-hydrogen) atoms. The van der Waals surface area contributed by atoms with Gasteiger partial charge in [-0.15, -0.1) is 0 Å². The Morgan fingerprint density at radius 3 is 1.91 bits per heavy atom. The minimum absolute atomic E-state index is 0.152. The number of esters is 1. The number of alkyl halides is 3. The molecule has 0 saturated carbocycles. The molecule has 13 nitrogen and oxygen atoms in total. The molecule has 0 radical (unpaired) electrons. The van der Waals surface area contributed by atoms with E-state index in [0.29, 0.717) is 0 Å². The molecular weight excluding hydrogens is 679 g/mol. The molecule has 0 amide bonds. The van der Waals surface area contributed by atoms with Crippen molar-refractivity contribution in [2.75, 3.05) is 7.11 Å². The molecule has 2 saturated heterocycles. The molecule has 256 valence electrons. The quantitative estimate of drug-likeness (QED) is 0.0526. The largest absolute Gasteiger partial charge is 0.453 e. The van der Waals surface area contributed by atoms with Crippen LogP contribution in [0.3, 0.4) is 0 Å². The van der Waals surface area contributed by atoms with Gasteiger partial charge in [0.1, 0.15) is 24.4 Å². The minimum atomic E-state index is -2.23. The highest BCUT2D eigenvalue weighted by molar-refractivity contribution is 6.76. The Labute approximate surface area is 287 Å². The molecule has 0 aliphatic carbocycles. The summed E-state index contributed by atoms with van der Waals surface area (Å²) in [6.07, 6.45) is -9.17. The number of nitrogens with one attached hydrogen (secondary N) is 1. The fourth-order valence-electron chi connectivity index (χ4n) is 5.39. The van der Waals surface area contributed by atoms with Gasteiger partial charge < -0.3 is 37.9 Å². The van der Waals surface area contributed by atoms with Crippen molar-refractivity contribution in [1.29, 1.82) is 5.41 Å². The summed E-state index contributed by atoms with van der Waals surface area (Å²) < 4.78 is 46.4. The third-order valence-corrected chi connectivity index (χ3v) is 8.11. The molecule has 2 heterocycles. The van der Waals surface area contributed by atoms with E-state index in [1.165, 1.54) is 14.0 Å². The van der Waals surface area contributed by atoms with Crippen molar-refractivity contribution in [3.05, 3.63) is 82.2 Å². The number of rotatable bonds is 12. The van der Waals surface area contributed by atoms with E-state index in [2.05, 4.69) is 10.0 Å². The van der Waals surface area contributed by atoms with Crippen molar-refractivity contribution in [3.63, 3.8) is 0 Å². The number of ether oxygens (including phenoxy) is 8. The maximum absolute atomic E-state index is 12.4. The summed E-state index contributed by atoms with van der Waals surface area (Å²) in [7, 11) is 1.44. The van der Waals surface area contributed by atoms with E-state index in [9.17, 15) is 10.3 Å². The van der Waals surface area contributed by atoms with Crippen LogP contribution in [0.15, 0.2) is 65.8 Å². The lowest BCUT2D eigenvalue weighted by Gasteiger charge is -2.48. The van der Waals surface area contributed by atoms with Crippen LogP contribution in [0.4, 0.5) is 0 Å². The highest BCUT2D eigenvalue weighted by Gasteiger charge is 2.54. The maximum atomic E-state index is 12.4. The molecule has 4 rings (SSSR count). The molecule has 16 heteroatoms. The van der Waals surface area contributed by atoms with Crippen molar-refractivity contribution >= 4 is 46.7 Å². The predicted octanol–water partition coefficient (Wildman–Crippen LogP) is 6.02. The van der Waals surface area contributed by atoms with Gasteiger partial charge in [-0.2, -0.15) is 0 Å². The maximum Gasteiger partial charge on any atom is 0.303 e. The third kappa shape index (κ3) is 9.93. The lowest BCUT2D eigenvalue weighted by molar-refractivity contribution is -0.349. The van der Waals surface area contributed by atoms with Gasteiger partial charge in [-0.25, -0.2) is 0 Å². The average molecular weight is 716 g/mol. The van der Waals surface area contributed by atoms with Gasteiger partial charge in [0, 0.05) is 18.9 Å². The summed E-state index contributed by atoms with van der Waals surface area (Å²) in [4.78, 5) is 15.4. The number of benzene rings is 2. The van der Waals surface area contributed by atoms with Crippen LogP contribution >= 0.6 is 34.8 Å². The Bertz CT molecular complexity index is 1370. The number of nitrogens with zero attached hydrogens (tertiary/aromatic N) is 3. The third-order valence-electron chi connectivity index (χ3n) is 7.60. The first-order valence-corrected chi connectivity index (χ1v) is 15.9. The van der Waals surface area contributed by atoms with Crippen molar-refractivity contribution in [2.24, 2.45) is 5.11 Å². The van der Waals surface area contributed by atoms with Crippen LogP contribution in [-0.2, 0) is 55.9 Å². The number of carbonyl (C=O) groups excluding carboxylic acids is 1. The van der Waals surface area contributed by atoms with Crippen LogP contribution in [0.5, 0.6) is 0 Å². The summed E-state index contributed by atoms with van der Waals surface area (Å²) in [5.74, 6) is -1.46. The second-order valence-electron chi connectivity index (χ2n) is 11.0. The van der Waals surface area contributed by atoms with E-state index >= 15 is 0 Å². The zero-order valence-corrected chi connectivity index (χ0v) is 28.4. The van der Waals surface area contributed by atoms with Crippen LogP contribution < -0.4 is 0 Å². The fourth-order valence-corrected chi connectivity index (χ4v) is 5.53. The van der Waals surface area contributed by atoms with Crippen molar-refractivity contribution in [1.82, 2.24) is 0 Å². The summed E-state index contributed by atoms with van der Waals surface area (Å²) in [6, 6.07) is 18.1. The Morgan fingerprint density at radius 2 is 1.40 bits per heavy atom. The molecule has 2 aromatic carbocycles. The molecular formula is C31H37Cl3N4O9. The average Bonchev–Trinajstić information content (AvgIpc) is 3.03. The van der Waals surface area contributed by atoms with Crippen LogP contribution in [0.25, 0.3) is 10.4 Å². The highest BCUT2D eigenvalue weighted by Crippen LogP contribution is 2.37. The Hall–Kier alpha value is -2.68. The first kappa shape index (κ1) is 37.1. The molecule has 2 aliphatic rings. The van der Waals surface area contributed by atoms with Gasteiger partial charge in [0.2, 0.25) is 12.2 Å². The number of methoxy groups -OCH3 is 1. The molecule has 1 N–H and O–H groups in total. The van der Waals surface area contributed by atoms with E-state index < -0.39 is 77.0 Å². The number of carbonyl (C=O) groups is 1. The molecule has 10 atom stereocenters. The fraction of sp³-hybridized carbons (Fsp3) is 0.548. The normalized spacial score (nSPS) is 31.0. The molecule has 0 bridgehead atoms. The molecule has 2 aliphatic heterocycles. The van der Waals surface area contributed by atoms with Gasteiger partial charge >= 0.3 is 5.97 Å². The number of azide groups is 1. The predicted molar refractivity (Wildman–Crippen MR) is 172 cm³/mol. The van der Waals surface area contributed by atoms with E-state index in [0.717, 1.165) is 11.1 Å². The number of hydrogen-bond acceptors (Lipinski definition) is 11. The molecule has 2 fully saturated rings. The summed E-state index contributed by atoms with van der Waals surface area (Å²) in [6.45, 7) is 4.95. The van der Waals surface area contributed by atoms with Gasteiger partial charge in [-0.1, -0.05) is 101 Å². The van der Waals surface area contributed by atoms with Crippen LogP contribution in [0.1, 0.15) is 31.9 Å². The van der Waals surface area contributed by atoms with E-state index in [4.69, 9.17) is 78.1 Å². The standard InChI is InChI=1S/C31H37Cl3N4O9/c1-17-22(37-38-36)24(42-16-21-13-9-6-10-14-21)26(40-4)28(43-17)46-25-23(41-15-20-11-7-5-8-12-20)18(2)44-29(27(25)45-19(3)39)47-30(35)31(32,33)34/h5-14,17-18,22-29,35H,15-16H2,1-4H3/t17?,18?,22-,23+,24+,25+,26+,27?,28?,29+/m1/s1. The molecule has 0 spiro atoms. The second-order valence-corrected chi connectivity index (χ2v) is 13.2. The summed E-state index contributed by atoms with van der Waals surface area (Å²) in [5.41, 5.74) is 11.1. The number of hydrogen-bond donors (Lipinski definition) is 1. The van der Waals surface area contributed by atoms with Crippen LogP contribution in [-0.4, -0.2) is 84.1 Å². The van der Waals surface area contributed by atoms with Crippen LogP contribution in [0.2, 0.25) is 0 Å². The van der Waals surface area contributed by atoms with Crippen molar-refractivity contribution in [2.45, 2.75) is 99.1 Å². The molecule has 0 aromatic heterocycles. The first-order valence-electron chi connectivity index (χ1n) is 14.8. The monoisotopic (exact) mass is 714 g/mol. The smallest absolute Gasteiger partial charge is 0.303 e.